The van der Waals surface area contributed by atoms with Gasteiger partial charge in [-0.25, -0.2) is 0 Å². The SMILES string of the molecule is Cc1ccc(C)c(O)c1.Cc1ccc(O)c(C)c1.Cc1ccc(O)c(C)c1.Cc1ccc(O)c(C)c1.Cc1ccc(O)c(C)c1. The van der Waals surface area contributed by atoms with Gasteiger partial charge in [0.25, 0.3) is 0 Å². The predicted octanol–water partition coefficient (Wildman–Crippen LogP) is 10.0. The largest absolute Gasteiger partial charge is 0.508 e. The van der Waals surface area contributed by atoms with Crippen LogP contribution in [0.15, 0.2) is 91.0 Å². The molecule has 0 heterocycles. The summed E-state index contributed by atoms with van der Waals surface area (Å²) in [5.74, 6) is 1.89. The molecule has 5 heteroatoms. The van der Waals surface area contributed by atoms with E-state index in [0.717, 1.165) is 33.4 Å². The molecule has 0 radical (unpaired) electrons. The summed E-state index contributed by atoms with van der Waals surface area (Å²) in [4.78, 5) is 0. The second-order valence-corrected chi connectivity index (χ2v) is 11.4. The third-order valence-corrected chi connectivity index (χ3v) is 6.77. The van der Waals surface area contributed by atoms with Crippen molar-refractivity contribution in [1.29, 1.82) is 0 Å². The van der Waals surface area contributed by atoms with E-state index in [1.165, 1.54) is 22.3 Å². The number of benzene rings is 5. The number of phenols is 5. The lowest BCUT2D eigenvalue weighted by molar-refractivity contribution is 0.470. The van der Waals surface area contributed by atoms with Crippen molar-refractivity contribution in [3.05, 3.63) is 147 Å². The maximum Gasteiger partial charge on any atom is 0.118 e. The highest BCUT2D eigenvalue weighted by atomic mass is 16.3. The van der Waals surface area contributed by atoms with E-state index in [4.69, 9.17) is 25.5 Å². The van der Waals surface area contributed by atoms with Crippen molar-refractivity contribution in [2.75, 3.05) is 0 Å². The van der Waals surface area contributed by atoms with Crippen LogP contribution in [-0.2, 0) is 0 Å². The van der Waals surface area contributed by atoms with Gasteiger partial charge in [0.2, 0.25) is 0 Å². The number of aromatic hydroxyl groups is 5. The Balaban J connectivity index is 0.000000281. The molecule has 240 valence electrons. The molecule has 0 amide bonds. The highest BCUT2D eigenvalue weighted by Crippen LogP contribution is 2.18. The molecule has 45 heavy (non-hydrogen) atoms. The van der Waals surface area contributed by atoms with Gasteiger partial charge in [-0.1, -0.05) is 82.9 Å². The average molecular weight is 611 g/mol. The quantitative estimate of drug-likeness (QED) is 0.120. The summed E-state index contributed by atoms with van der Waals surface area (Å²) in [5.41, 5.74) is 10.5. The molecule has 0 aliphatic carbocycles. The number of rotatable bonds is 0. The minimum atomic E-state index is 0.376. The van der Waals surface area contributed by atoms with E-state index in [9.17, 15) is 0 Å². The smallest absolute Gasteiger partial charge is 0.118 e. The number of phenolic OH excluding ortho intramolecular Hbond substituents is 5. The summed E-state index contributed by atoms with van der Waals surface area (Å²) < 4.78 is 0. The van der Waals surface area contributed by atoms with E-state index in [2.05, 4.69) is 0 Å². The summed E-state index contributed by atoms with van der Waals surface area (Å²) in [5, 5.41) is 45.3. The van der Waals surface area contributed by atoms with Gasteiger partial charge < -0.3 is 25.5 Å². The van der Waals surface area contributed by atoms with Crippen LogP contribution in [0.3, 0.4) is 0 Å². The van der Waals surface area contributed by atoms with Gasteiger partial charge in [-0.15, -0.1) is 0 Å². The third-order valence-electron chi connectivity index (χ3n) is 6.77. The topological polar surface area (TPSA) is 101 Å². The van der Waals surface area contributed by atoms with Crippen molar-refractivity contribution in [1.82, 2.24) is 0 Å². The van der Waals surface area contributed by atoms with E-state index in [1.807, 2.05) is 130 Å². The van der Waals surface area contributed by atoms with E-state index in [0.29, 0.717) is 28.7 Å². The molecule has 5 nitrogen and oxygen atoms in total. The van der Waals surface area contributed by atoms with Gasteiger partial charge in [0.15, 0.2) is 0 Å². The highest BCUT2D eigenvalue weighted by molar-refractivity contribution is 5.37. The molecule has 0 atom stereocenters. The molecule has 0 spiro atoms. The standard InChI is InChI=1S/5C8H10O/c4*1-6-3-4-8(9)7(2)5-6;1-6-3-4-7(2)8(9)5-6/h5*3-5,9H,1-2H3. The van der Waals surface area contributed by atoms with Crippen molar-refractivity contribution >= 4 is 0 Å². The van der Waals surface area contributed by atoms with Crippen LogP contribution in [0.5, 0.6) is 28.7 Å². The van der Waals surface area contributed by atoms with Crippen molar-refractivity contribution in [2.24, 2.45) is 0 Å². The Morgan fingerprint density at radius 2 is 0.467 bits per heavy atom. The van der Waals surface area contributed by atoms with Gasteiger partial charge >= 0.3 is 0 Å². The Bertz CT molecular complexity index is 1370. The minimum absolute atomic E-state index is 0.376. The zero-order chi connectivity index (χ0) is 34.3. The fourth-order valence-electron chi connectivity index (χ4n) is 3.94. The predicted molar refractivity (Wildman–Crippen MR) is 188 cm³/mol. The molecule has 5 aromatic rings. The van der Waals surface area contributed by atoms with Crippen LogP contribution in [0.25, 0.3) is 0 Å². The van der Waals surface area contributed by atoms with Crippen LogP contribution in [0.1, 0.15) is 55.6 Å². The Morgan fingerprint density at radius 1 is 0.244 bits per heavy atom. The van der Waals surface area contributed by atoms with Crippen molar-refractivity contribution in [2.45, 2.75) is 69.2 Å². The van der Waals surface area contributed by atoms with Crippen LogP contribution in [0, 0.1) is 69.2 Å². The second kappa shape index (κ2) is 18.7. The monoisotopic (exact) mass is 610 g/mol. The summed E-state index contributed by atoms with van der Waals surface area (Å²) in [6, 6.07) is 27.9. The van der Waals surface area contributed by atoms with Gasteiger partial charge in [0.05, 0.1) is 0 Å². The van der Waals surface area contributed by atoms with E-state index >= 15 is 0 Å². The molecule has 0 aliphatic rings. The van der Waals surface area contributed by atoms with Crippen LogP contribution < -0.4 is 0 Å². The molecule has 0 aliphatic heterocycles. The summed E-state index contributed by atoms with van der Waals surface area (Å²) in [6.45, 7) is 19.4. The first-order chi connectivity index (χ1) is 21.0. The second-order valence-electron chi connectivity index (χ2n) is 11.4. The number of hydrogen-bond donors (Lipinski definition) is 5. The summed E-state index contributed by atoms with van der Waals surface area (Å²) >= 11 is 0. The van der Waals surface area contributed by atoms with E-state index in [-0.39, 0.29) is 0 Å². The molecular weight excluding hydrogens is 560 g/mol. The lowest BCUT2D eigenvalue weighted by Crippen LogP contribution is -1.75. The molecule has 5 N–H and O–H groups in total. The molecule has 0 saturated heterocycles. The number of aryl methyl sites for hydroxylation is 10. The van der Waals surface area contributed by atoms with Gasteiger partial charge in [0, 0.05) is 0 Å². The molecule has 0 bridgehead atoms. The molecule has 5 aromatic carbocycles. The lowest BCUT2D eigenvalue weighted by atomic mass is 10.1. The van der Waals surface area contributed by atoms with Gasteiger partial charge in [0.1, 0.15) is 28.7 Å². The fourth-order valence-corrected chi connectivity index (χ4v) is 3.94. The van der Waals surface area contributed by atoms with Crippen LogP contribution >= 0.6 is 0 Å². The van der Waals surface area contributed by atoms with Gasteiger partial charge in [-0.2, -0.15) is 0 Å². The minimum Gasteiger partial charge on any atom is -0.508 e. The molecule has 0 unspecified atom stereocenters. The van der Waals surface area contributed by atoms with Gasteiger partial charge in [-0.05, 0) is 133 Å². The van der Waals surface area contributed by atoms with Crippen molar-refractivity contribution in [3.63, 3.8) is 0 Å². The van der Waals surface area contributed by atoms with Crippen LogP contribution in [-0.4, -0.2) is 25.5 Å². The molecular formula is C40H50O5. The Kier molecular flexibility index (Phi) is 15.8. The summed E-state index contributed by atoms with van der Waals surface area (Å²) in [7, 11) is 0. The van der Waals surface area contributed by atoms with E-state index < -0.39 is 0 Å². The Morgan fingerprint density at radius 3 is 0.644 bits per heavy atom. The zero-order valence-corrected chi connectivity index (χ0v) is 28.4. The molecule has 0 aromatic heterocycles. The van der Waals surface area contributed by atoms with Crippen molar-refractivity contribution in [3.8, 4) is 28.7 Å². The maximum atomic E-state index is 9.10. The average Bonchev–Trinajstić information content (AvgIpc) is 2.97. The zero-order valence-electron chi connectivity index (χ0n) is 28.4. The maximum absolute atomic E-state index is 9.10. The normalized spacial score (nSPS) is 9.56. The fraction of sp³-hybridized carbons (Fsp3) is 0.250. The first kappa shape index (κ1) is 38.1. The van der Waals surface area contributed by atoms with Crippen LogP contribution in [0.2, 0.25) is 0 Å². The van der Waals surface area contributed by atoms with E-state index in [1.54, 1.807) is 30.3 Å². The summed E-state index contributed by atoms with van der Waals surface area (Å²) in [6.07, 6.45) is 0. The third kappa shape index (κ3) is 14.9. The Labute approximate surface area is 269 Å². The first-order valence-corrected chi connectivity index (χ1v) is 14.8. The van der Waals surface area contributed by atoms with Gasteiger partial charge in [-0.3, -0.25) is 0 Å². The first-order valence-electron chi connectivity index (χ1n) is 14.8. The lowest BCUT2D eigenvalue weighted by Gasteiger charge is -1.97. The highest BCUT2D eigenvalue weighted by Gasteiger charge is 1.95. The molecule has 0 saturated carbocycles. The molecule has 5 rings (SSSR count). The van der Waals surface area contributed by atoms with Crippen LogP contribution in [0.4, 0.5) is 0 Å². The number of hydrogen-bond acceptors (Lipinski definition) is 5. The molecule has 0 fully saturated rings. The Hall–Kier alpha value is -4.90. The van der Waals surface area contributed by atoms with Crippen molar-refractivity contribution < 1.29 is 25.5 Å².